The van der Waals surface area contributed by atoms with Crippen molar-refractivity contribution in [3.63, 3.8) is 0 Å². The van der Waals surface area contributed by atoms with Crippen molar-refractivity contribution in [1.82, 2.24) is 4.90 Å². The van der Waals surface area contributed by atoms with Gasteiger partial charge < -0.3 is 9.64 Å². The largest absolute Gasteiger partial charge is 0.464 e. The predicted molar refractivity (Wildman–Crippen MR) is 106 cm³/mol. The first-order valence-corrected chi connectivity index (χ1v) is 9.76. The van der Waals surface area contributed by atoms with E-state index in [-0.39, 0.29) is 25.3 Å². The van der Waals surface area contributed by atoms with Crippen molar-refractivity contribution >= 4 is 17.7 Å². The molecule has 1 heterocycles. The Morgan fingerprint density at radius 3 is 2.07 bits per heavy atom. The number of carbonyl (C=O) groups is 3. The van der Waals surface area contributed by atoms with Gasteiger partial charge in [-0.05, 0) is 24.0 Å². The van der Waals surface area contributed by atoms with Gasteiger partial charge in [-0.15, -0.1) is 0 Å². The third kappa shape index (κ3) is 4.40. The number of methoxy groups -OCH3 is 1. The zero-order valence-electron chi connectivity index (χ0n) is 16.6. The van der Waals surface area contributed by atoms with Crippen molar-refractivity contribution in [3.8, 4) is 0 Å². The molecule has 1 unspecified atom stereocenters. The lowest BCUT2D eigenvalue weighted by atomic mass is 9.88. The van der Waals surface area contributed by atoms with Gasteiger partial charge in [0.15, 0.2) is 0 Å². The molecule has 30 heavy (non-hydrogen) atoms. The van der Waals surface area contributed by atoms with Crippen LogP contribution in [-0.2, 0) is 19.1 Å². The number of Topliss-reactive ketones (excluding diaryl/α,β-unsaturated/α-hetero) is 1. The Hall–Kier alpha value is -3.09. The van der Waals surface area contributed by atoms with Gasteiger partial charge in [0.25, 0.3) is 0 Å². The molecule has 0 radical (unpaired) electrons. The second-order valence-corrected chi connectivity index (χ2v) is 7.25. The van der Waals surface area contributed by atoms with E-state index in [1.807, 2.05) is 60.7 Å². The number of halogens is 2. The topological polar surface area (TPSA) is 63.7 Å². The standard InChI is InChI=1S/C23H23F2NO4/c1-30-22(29)23(24,25)21(28)19-13-8-14-26(19)20(27)15-18(16-9-4-2-5-10-16)17-11-6-3-7-12-17/h2-7,9-12,18-19H,8,13-15H2,1H3. The zero-order valence-corrected chi connectivity index (χ0v) is 16.6. The van der Waals surface area contributed by atoms with E-state index in [1.54, 1.807) is 0 Å². The maximum absolute atomic E-state index is 14.1. The minimum Gasteiger partial charge on any atom is -0.464 e. The molecule has 0 spiro atoms. The van der Waals surface area contributed by atoms with Gasteiger partial charge in [0, 0.05) is 18.9 Å². The van der Waals surface area contributed by atoms with Crippen molar-refractivity contribution in [2.24, 2.45) is 0 Å². The number of rotatable bonds is 7. The SMILES string of the molecule is COC(=O)C(F)(F)C(=O)C1CCCN1C(=O)CC(c1ccccc1)c1ccccc1. The summed E-state index contributed by atoms with van der Waals surface area (Å²) in [4.78, 5) is 38.0. The molecule has 3 rings (SSSR count). The highest BCUT2D eigenvalue weighted by Gasteiger charge is 2.54. The lowest BCUT2D eigenvalue weighted by molar-refractivity contribution is -0.177. The summed E-state index contributed by atoms with van der Waals surface area (Å²) in [5.74, 6) is -8.45. The van der Waals surface area contributed by atoms with Crippen LogP contribution in [0.15, 0.2) is 60.7 Å². The number of benzene rings is 2. The Kier molecular flexibility index (Phi) is 6.59. The fraction of sp³-hybridized carbons (Fsp3) is 0.348. The number of hydrogen-bond donors (Lipinski definition) is 0. The average Bonchev–Trinajstić information content (AvgIpc) is 3.27. The number of esters is 1. The van der Waals surface area contributed by atoms with Crippen LogP contribution < -0.4 is 0 Å². The highest BCUT2D eigenvalue weighted by molar-refractivity contribution is 6.08. The fourth-order valence-corrected chi connectivity index (χ4v) is 3.87. The Morgan fingerprint density at radius 1 is 1.03 bits per heavy atom. The van der Waals surface area contributed by atoms with Crippen LogP contribution in [0.2, 0.25) is 0 Å². The summed E-state index contributed by atoms with van der Waals surface area (Å²) in [6, 6.07) is 17.5. The summed E-state index contributed by atoms with van der Waals surface area (Å²) >= 11 is 0. The van der Waals surface area contributed by atoms with E-state index in [2.05, 4.69) is 4.74 Å². The monoisotopic (exact) mass is 415 g/mol. The van der Waals surface area contributed by atoms with Crippen LogP contribution >= 0.6 is 0 Å². The van der Waals surface area contributed by atoms with E-state index < -0.39 is 29.6 Å². The molecule has 1 aliphatic rings. The number of hydrogen-bond acceptors (Lipinski definition) is 4. The summed E-state index contributed by atoms with van der Waals surface area (Å²) < 4.78 is 32.3. The van der Waals surface area contributed by atoms with Crippen LogP contribution in [0.1, 0.15) is 36.3 Å². The van der Waals surface area contributed by atoms with Gasteiger partial charge in [0.05, 0.1) is 13.2 Å². The number of carbonyl (C=O) groups excluding carboxylic acids is 3. The Morgan fingerprint density at radius 2 is 1.57 bits per heavy atom. The molecule has 158 valence electrons. The summed E-state index contributed by atoms with van der Waals surface area (Å²) in [7, 11) is 0.797. The van der Waals surface area contributed by atoms with Crippen molar-refractivity contribution in [3.05, 3.63) is 71.8 Å². The third-order valence-electron chi connectivity index (χ3n) is 5.41. The van der Waals surface area contributed by atoms with Crippen LogP contribution in [-0.4, -0.2) is 48.2 Å². The lowest BCUT2D eigenvalue weighted by Gasteiger charge is -2.28. The van der Waals surface area contributed by atoms with Crippen molar-refractivity contribution in [1.29, 1.82) is 0 Å². The van der Waals surface area contributed by atoms with Gasteiger partial charge in [-0.2, -0.15) is 8.78 Å². The molecule has 2 aromatic rings. The van der Waals surface area contributed by atoms with E-state index in [0.29, 0.717) is 6.42 Å². The first kappa shape index (κ1) is 21.6. The molecule has 1 amide bonds. The van der Waals surface area contributed by atoms with Crippen LogP contribution in [0.25, 0.3) is 0 Å². The quantitative estimate of drug-likeness (QED) is 0.512. The molecule has 2 aromatic carbocycles. The molecule has 7 heteroatoms. The zero-order chi connectivity index (χ0) is 21.7. The van der Waals surface area contributed by atoms with Gasteiger partial charge in [-0.1, -0.05) is 60.7 Å². The summed E-state index contributed by atoms with van der Waals surface area (Å²) in [6.45, 7) is 0.197. The first-order chi connectivity index (χ1) is 14.4. The second-order valence-electron chi connectivity index (χ2n) is 7.25. The highest BCUT2D eigenvalue weighted by Crippen LogP contribution is 2.32. The molecule has 1 fully saturated rings. The van der Waals surface area contributed by atoms with E-state index in [4.69, 9.17) is 0 Å². The van der Waals surface area contributed by atoms with Gasteiger partial charge in [-0.25, -0.2) is 4.79 Å². The maximum atomic E-state index is 14.1. The molecule has 1 saturated heterocycles. The van der Waals surface area contributed by atoms with E-state index in [1.165, 1.54) is 4.90 Å². The maximum Gasteiger partial charge on any atom is 0.401 e. The minimum atomic E-state index is -4.28. The molecule has 0 aliphatic carbocycles. The number of ketones is 1. The molecular weight excluding hydrogens is 392 g/mol. The van der Waals surface area contributed by atoms with Crippen LogP contribution in [0.3, 0.4) is 0 Å². The third-order valence-corrected chi connectivity index (χ3v) is 5.41. The molecular formula is C23H23F2NO4. The molecule has 0 N–H and O–H groups in total. The van der Waals surface area contributed by atoms with Crippen LogP contribution in [0.4, 0.5) is 8.78 Å². The summed E-state index contributed by atoms with van der Waals surface area (Å²) in [5.41, 5.74) is 1.83. The predicted octanol–water partition coefficient (Wildman–Crippen LogP) is 3.58. The van der Waals surface area contributed by atoms with Crippen molar-refractivity contribution < 1.29 is 27.9 Å². The molecule has 1 atom stereocenters. The number of nitrogens with zero attached hydrogens (tertiary/aromatic N) is 1. The molecule has 0 bridgehead atoms. The Labute approximate surface area is 173 Å². The summed E-state index contributed by atoms with van der Waals surface area (Å²) in [6.07, 6.45) is 0.543. The van der Waals surface area contributed by atoms with E-state index in [0.717, 1.165) is 18.2 Å². The number of amides is 1. The molecule has 0 saturated carbocycles. The lowest BCUT2D eigenvalue weighted by Crippen LogP contribution is -2.51. The first-order valence-electron chi connectivity index (χ1n) is 9.76. The summed E-state index contributed by atoms with van der Waals surface area (Å²) in [5, 5.41) is 0. The number of alkyl halides is 2. The number of likely N-dealkylation sites (tertiary alicyclic amines) is 1. The smallest absolute Gasteiger partial charge is 0.401 e. The van der Waals surface area contributed by atoms with Crippen molar-refractivity contribution in [2.45, 2.75) is 37.1 Å². The normalized spacial score (nSPS) is 16.5. The van der Waals surface area contributed by atoms with Gasteiger partial charge in [0.2, 0.25) is 11.7 Å². The van der Waals surface area contributed by atoms with Crippen LogP contribution in [0.5, 0.6) is 0 Å². The van der Waals surface area contributed by atoms with Gasteiger partial charge in [0.1, 0.15) is 0 Å². The van der Waals surface area contributed by atoms with Gasteiger partial charge >= 0.3 is 11.9 Å². The fourth-order valence-electron chi connectivity index (χ4n) is 3.87. The van der Waals surface area contributed by atoms with E-state index >= 15 is 0 Å². The minimum absolute atomic E-state index is 0.0294. The Balaban J connectivity index is 1.83. The second kappa shape index (κ2) is 9.15. The average molecular weight is 415 g/mol. The van der Waals surface area contributed by atoms with E-state index in [9.17, 15) is 23.2 Å². The van der Waals surface area contributed by atoms with Crippen molar-refractivity contribution in [2.75, 3.05) is 13.7 Å². The van der Waals surface area contributed by atoms with Crippen LogP contribution in [0, 0.1) is 0 Å². The number of ether oxygens (including phenoxy) is 1. The molecule has 5 nitrogen and oxygen atoms in total. The molecule has 0 aromatic heterocycles. The van der Waals surface area contributed by atoms with Gasteiger partial charge in [-0.3, -0.25) is 9.59 Å². The molecule has 1 aliphatic heterocycles. The Bertz CT molecular complexity index is 862. The highest BCUT2D eigenvalue weighted by atomic mass is 19.3.